The van der Waals surface area contributed by atoms with Gasteiger partial charge in [0.2, 0.25) is 0 Å². The van der Waals surface area contributed by atoms with Gasteiger partial charge in [-0.25, -0.2) is 4.98 Å². The minimum Gasteiger partial charge on any atom is -0.465 e. The third-order valence-electron chi connectivity index (χ3n) is 11.9. The smallest absolute Gasteiger partial charge is 0.305 e. The number of rotatable bonds is 37. The zero-order chi connectivity index (χ0) is 40.7. The molecule has 1 aromatic rings. The zero-order valence-electron chi connectivity index (χ0n) is 37.8. The summed E-state index contributed by atoms with van der Waals surface area (Å²) in [5.41, 5.74) is 0. The number of carbonyl (C=O) groups excluding carboxylic acids is 2. The molecule has 55 heavy (non-hydrogen) atoms. The summed E-state index contributed by atoms with van der Waals surface area (Å²) in [7, 11) is 2.28. The van der Waals surface area contributed by atoms with E-state index in [9.17, 15) is 9.59 Å². The topological polar surface area (TPSA) is 73.7 Å². The van der Waals surface area contributed by atoms with Crippen LogP contribution in [0, 0.1) is 41.4 Å². The van der Waals surface area contributed by atoms with Crippen LogP contribution in [0.4, 0.5) is 0 Å². The summed E-state index contributed by atoms with van der Waals surface area (Å²) >= 11 is 0. The quantitative estimate of drug-likeness (QED) is 0.0495. The number of imidazole rings is 1. The van der Waals surface area contributed by atoms with Crippen molar-refractivity contribution < 1.29 is 19.1 Å². The van der Waals surface area contributed by atoms with Crippen LogP contribution in [0.25, 0.3) is 0 Å². The highest BCUT2D eigenvalue weighted by molar-refractivity contribution is 5.69. The van der Waals surface area contributed by atoms with E-state index in [1.807, 2.05) is 12.5 Å². The summed E-state index contributed by atoms with van der Waals surface area (Å²) in [6, 6.07) is 0. The molecule has 0 fully saturated rings. The summed E-state index contributed by atoms with van der Waals surface area (Å²) in [6.45, 7) is 22.4. The Morgan fingerprint density at radius 3 is 1.38 bits per heavy atom. The van der Waals surface area contributed by atoms with Gasteiger partial charge in [-0.3, -0.25) is 9.59 Å². The van der Waals surface area contributed by atoms with Crippen LogP contribution in [-0.4, -0.2) is 59.7 Å². The number of hydrogen-bond acceptors (Lipinski definition) is 6. The van der Waals surface area contributed by atoms with Crippen molar-refractivity contribution in [1.29, 1.82) is 0 Å². The number of likely N-dealkylation sites (N-methyl/N-ethyl adjacent to an activating group) is 1. The van der Waals surface area contributed by atoms with Crippen molar-refractivity contribution in [2.24, 2.45) is 41.4 Å². The molecular formula is C48H91N3O4. The molecule has 1 aromatic heterocycles. The largest absolute Gasteiger partial charge is 0.465 e. The molecule has 0 spiro atoms. The fraction of sp³-hybridized carbons (Fsp3) is 0.896. The molecule has 322 valence electrons. The molecule has 0 aromatic carbocycles. The highest BCUT2D eigenvalue weighted by Crippen LogP contribution is 2.23. The zero-order valence-corrected chi connectivity index (χ0v) is 37.8. The Balaban J connectivity index is 2.24. The Bertz CT molecular complexity index is 966. The molecule has 7 heteroatoms. The van der Waals surface area contributed by atoms with Crippen molar-refractivity contribution in [2.45, 2.75) is 203 Å². The van der Waals surface area contributed by atoms with Gasteiger partial charge in [0.1, 0.15) is 0 Å². The number of carbonyl (C=O) groups is 2. The van der Waals surface area contributed by atoms with Gasteiger partial charge in [-0.05, 0) is 87.0 Å². The maximum Gasteiger partial charge on any atom is 0.305 e. The second kappa shape index (κ2) is 33.1. The Morgan fingerprint density at radius 2 is 1.00 bits per heavy atom. The monoisotopic (exact) mass is 774 g/mol. The van der Waals surface area contributed by atoms with Crippen LogP contribution in [0.5, 0.6) is 0 Å². The lowest BCUT2D eigenvalue weighted by molar-refractivity contribution is -0.146. The molecular weight excluding hydrogens is 683 g/mol. The predicted octanol–water partition coefficient (Wildman–Crippen LogP) is 13.0. The molecule has 0 aliphatic heterocycles. The Morgan fingerprint density at radius 1 is 0.582 bits per heavy atom. The van der Waals surface area contributed by atoms with E-state index in [1.165, 1.54) is 96.4 Å². The van der Waals surface area contributed by atoms with Gasteiger partial charge < -0.3 is 18.9 Å². The van der Waals surface area contributed by atoms with Gasteiger partial charge in [-0.1, -0.05) is 145 Å². The molecule has 2 atom stereocenters. The van der Waals surface area contributed by atoms with Crippen molar-refractivity contribution >= 4 is 11.9 Å². The van der Waals surface area contributed by atoms with Crippen molar-refractivity contribution in [1.82, 2.24) is 14.5 Å². The van der Waals surface area contributed by atoms with Gasteiger partial charge in [0.25, 0.3) is 0 Å². The first-order valence-electron chi connectivity index (χ1n) is 23.3. The number of aromatic nitrogens is 2. The average Bonchev–Trinajstić information content (AvgIpc) is 3.65. The Labute approximate surface area is 341 Å². The number of hydrogen-bond donors (Lipinski definition) is 0. The van der Waals surface area contributed by atoms with Crippen LogP contribution in [0.15, 0.2) is 18.7 Å². The lowest BCUT2D eigenvalue weighted by Gasteiger charge is -2.24. The summed E-state index contributed by atoms with van der Waals surface area (Å²) in [6.07, 6.45) is 31.3. The minimum absolute atomic E-state index is 0.00634. The first-order chi connectivity index (χ1) is 26.4. The highest BCUT2D eigenvalue weighted by Gasteiger charge is 2.18. The molecule has 0 radical (unpaired) electrons. The fourth-order valence-corrected chi connectivity index (χ4v) is 7.59. The molecule has 0 amide bonds. The van der Waals surface area contributed by atoms with Gasteiger partial charge in [-0.15, -0.1) is 0 Å². The van der Waals surface area contributed by atoms with Crippen molar-refractivity contribution in [3.63, 3.8) is 0 Å². The van der Waals surface area contributed by atoms with Crippen molar-refractivity contribution in [3.8, 4) is 0 Å². The van der Waals surface area contributed by atoms with Gasteiger partial charge in [0.05, 0.1) is 19.5 Å². The van der Waals surface area contributed by atoms with Crippen molar-refractivity contribution in [3.05, 3.63) is 18.7 Å². The first kappa shape index (κ1) is 51.1. The first-order valence-corrected chi connectivity index (χ1v) is 23.3. The third-order valence-corrected chi connectivity index (χ3v) is 11.9. The van der Waals surface area contributed by atoms with Gasteiger partial charge in [-0.2, -0.15) is 0 Å². The third kappa shape index (κ3) is 29.9. The predicted molar refractivity (Wildman–Crippen MR) is 233 cm³/mol. The molecule has 0 N–H and O–H groups in total. The molecule has 0 saturated heterocycles. The van der Waals surface area contributed by atoms with Crippen LogP contribution in [0.1, 0.15) is 197 Å². The van der Waals surface area contributed by atoms with E-state index < -0.39 is 0 Å². The molecule has 2 unspecified atom stereocenters. The van der Waals surface area contributed by atoms with E-state index in [0.717, 1.165) is 57.5 Å². The number of unbranched alkanes of at least 4 members (excludes halogenated alkanes) is 12. The minimum atomic E-state index is -0.00634. The summed E-state index contributed by atoms with van der Waals surface area (Å²) in [5.74, 6) is 4.21. The molecule has 1 rings (SSSR count). The van der Waals surface area contributed by atoms with Gasteiger partial charge in [0.15, 0.2) is 0 Å². The molecule has 0 bridgehead atoms. The molecule has 1 heterocycles. The molecule has 0 aliphatic carbocycles. The summed E-state index contributed by atoms with van der Waals surface area (Å²) in [5, 5.41) is 0. The number of nitrogens with zero attached hydrogens (tertiary/aromatic N) is 3. The Hall–Kier alpha value is -1.89. The van der Waals surface area contributed by atoms with E-state index in [4.69, 9.17) is 9.47 Å². The average molecular weight is 774 g/mol. The number of esters is 2. The molecule has 7 nitrogen and oxygen atoms in total. The van der Waals surface area contributed by atoms with Crippen LogP contribution in [0.3, 0.4) is 0 Å². The van der Waals surface area contributed by atoms with Crippen LogP contribution >= 0.6 is 0 Å². The second-order valence-corrected chi connectivity index (χ2v) is 18.8. The molecule has 0 aliphatic rings. The SMILES string of the molecule is CC(C)CCC(COC(=O)CCCCCCCCCC(CCCCCCCCCC(=O)OCC(CCC(C)C)C(C)C)CN(C)CCn1ccnc1)C(C)C. The van der Waals surface area contributed by atoms with Crippen molar-refractivity contribution in [2.75, 3.05) is 33.4 Å². The van der Waals surface area contributed by atoms with E-state index in [-0.39, 0.29) is 11.9 Å². The normalized spacial score (nSPS) is 13.7. The lowest BCUT2D eigenvalue weighted by Crippen LogP contribution is -2.29. The van der Waals surface area contributed by atoms with Crippen LogP contribution in [-0.2, 0) is 25.6 Å². The maximum absolute atomic E-state index is 12.3. The van der Waals surface area contributed by atoms with Crippen LogP contribution < -0.4 is 0 Å². The summed E-state index contributed by atoms with van der Waals surface area (Å²) < 4.78 is 13.5. The molecule has 0 saturated carbocycles. The van der Waals surface area contributed by atoms with E-state index in [2.05, 4.69) is 83.1 Å². The highest BCUT2D eigenvalue weighted by atomic mass is 16.5. The second-order valence-electron chi connectivity index (χ2n) is 18.8. The Kier molecular flexibility index (Phi) is 30.8. The lowest BCUT2D eigenvalue weighted by atomic mass is 9.89. The maximum atomic E-state index is 12.3. The van der Waals surface area contributed by atoms with Gasteiger partial charge >= 0.3 is 11.9 Å². The van der Waals surface area contributed by atoms with E-state index >= 15 is 0 Å². The standard InChI is InChI=1S/C48H91N3O4/c1-40(2)28-30-45(42(5)6)37-54-47(52)26-22-18-14-10-12-16-20-24-44(36-50(9)34-35-51-33-32-49-39-51)25-21-17-13-11-15-19-23-27-48(53)55-38-46(43(7)8)31-29-41(3)4/h32-33,39-46H,10-31,34-38H2,1-9H3. The van der Waals surface area contributed by atoms with Crippen LogP contribution in [0.2, 0.25) is 0 Å². The number of ether oxygens (including phenoxy) is 2. The van der Waals surface area contributed by atoms with E-state index in [1.54, 1.807) is 0 Å². The fourth-order valence-electron chi connectivity index (χ4n) is 7.59. The summed E-state index contributed by atoms with van der Waals surface area (Å²) in [4.78, 5) is 31.4. The van der Waals surface area contributed by atoms with Gasteiger partial charge in [0, 0.05) is 44.9 Å². The van der Waals surface area contributed by atoms with E-state index in [0.29, 0.717) is 61.6 Å².